The maximum atomic E-state index is 12.4. The van der Waals surface area contributed by atoms with Gasteiger partial charge in [-0.3, -0.25) is 4.79 Å². The Morgan fingerprint density at radius 3 is 2.57 bits per heavy atom. The van der Waals surface area contributed by atoms with Crippen molar-refractivity contribution in [2.24, 2.45) is 0 Å². The molecule has 3 aromatic rings. The SMILES string of the molecule is COc1ccccc1-c1ccc2c(c1)CN(C(C)=O)c1ccc(Cl)cc1C=C2. The molecule has 4 heteroatoms. The number of carbonyl (C=O) groups excluding carboxylic acids is 1. The minimum Gasteiger partial charge on any atom is -0.496 e. The van der Waals surface area contributed by atoms with Gasteiger partial charge in [0, 0.05) is 17.5 Å². The fraction of sp³-hybridized carbons (Fsp3) is 0.125. The zero-order valence-corrected chi connectivity index (χ0v) is 16.5. The first kappa shape index (κ1) is 18.3. The lowest BCUT2D eigenvalue weighted by Crippen LogP contribution is -2.29. The molecule has 140 valence electrons. The second kappa shape index (κ2) is 7.53. The molecule has 0 spiro atoms. The second-order valence-electron chi connectivity index (χ2n) is 6.76. The Balaban J connectivity index is 1.85. The van der Waals surface area contributed by atoms with Crippen molar-refractivity contribution < 1.29 is 9.53 Å². The lowest BCUT2D eigenvalue weighted by atomic mass is 9.96. The van der Waals surface area contributed by atoms with Crippen LogP contribution in [0.15, 0.2) is 60.7 Å². The topological polar surface area (TPSA) is 29.5 Å². The first-order valence-electron chi connectivity index (χ1n) is 9.09. The number of benzene rings is 3. The van der Waals surface area contributed by atoms with Crippen LogP contribution in [0.3, 0.4) is 0 Å². The molecule has 4 rings (SSSR count). The minimum atomic E-state index is -0.00693. The summed E-state index contributed by atoms with van der Waals surface area (Å²) in [7, 11) is 1.68. The van der Waals surface area contributed by atoms with Crippen molar-refractivity contribution in [2.75, 3.05) is 12.0 Å². The van der Waals surface area contributed by atoms with Crippen LogP contribution in [-0.4, -0.2) is 13.0 Å². The van der Waals surface area contributed by atoms with Gasteiger partial charge in [0.2, 0.25) is 5.91 Å². The summed E-state index contributed by atoms with van der Waals surface area (Å²) < 4.78 is 5.51. The Morgan fingerprint density at radius 2 is 1.79 bits per heavy atom. The number of anilines is 1. The molecule has 28 heavy (non-hydrogen) atoms. The molecule has 3 aromatic carbocycles. The molecule has 0 unspecified atom stereocenters. The third-order valence-electron chi connectivity index (χ3n) is 4.99. The Morgan fingerprint density at radius 1 is 1.00 bits per heavy atom. The van der Waals surface area contributed by atoms with E-state index in [1.807, 2.05) is 48.5 Å². The van der Waals surface area contributed by atoms with E-state index >= 15 is 0 Å². The van der Waals surface area contributed by atoms with E-state index in [9.17, 15) is 4.79 Å². The van der Waals surface area contributed by atoms with Crippen molar-refractivity contribution in [1.29, 1.82) is 0 Å². The molecule has 0 saturated carbocycles. The highest BCUT2D eigenvalue weighted by Crippen LogP contribution is 2.35. The van der Waals surface area contributed by atoms with Gasteiger partial charge in [0.1, 0.15) is 5.75 Å². The summed E-state index contributed by atoms with van der Waals surface area (Å²) >= 11 is 6.17. The van der Waals surface area contributed by atoms with E-state index in [4.69, 9.17) is 16.3 Å². The highest BCUT2D eigenvalue weighted by Gasteiger charge is 2.19. The average molecular weight is 390 g/mol. The lowest BCUT2D eigenvalue weighted by molar-refractivity contribution is -0.116. The number of para-hydroxylation sites is 1. The van der Waals surface area contributed by atoms with Gasteiger partial charge >= 0.3 is 0 Å². The van der Waals surface area contributed by atoms with E-state index in [0.717, 1.165) is 39.3 Å². The minimum absolute atomic E-state index is 0.00693. The highest BCUT2D eigenvalue weighted by atomic mass is 35.5. The predicted octanol–water partition coefficient (Wildman–Crippen LogP) is 6.05. The maximum Gasteiger partial charge on any atom is 0.224 e. The molecular formula is C24H20ClNO2. The molecule has 1 aliphatic heterocycles. The zero-order valence-electron chi connectivity index (χ0n) is 15.8. The number of halogens is 1. The van der Waals surface area contributed by atoms with Crippen molar-refractivity contribution in [3.8, 4) is 16.9 Å². The van der Waals surface area contributed by atoms with Gasteiger partial charge in [0.25, 0.3) is 0 Å². The number of methoxy groups -OCH3 is 1. The van der Waals surface area contributed by atoms with Gasteiger partial charge in [-0.2, -0.15) is 0 Å². The summed E-state index contributed by atoms with van der Waals surface area (Å²) in [5, 5.41) is 0.652. The number of fused-ring (bicyclic) bond motifs is 2. The molecule has 0 fully saturated rings. The molecule has 0 aromatic heterocycles. The smallest absolute Gasteiger partial charge is 0.224 e. The maximum absolute atomic E-state index is 12.4. The van der Waals surface area contributed by atoms with Gasteiger partial charge in [-0.15, -0.1) is 0 Å². The quantitative estimate of drug-likeness (QED) is 0.533. The standard InChI is InChI=1S/C24H20ClNO2/c1-16(27)26-15-20-13-18(22-5-3-4-6-24(22)28-2)9-7-17(20)8-10-19-14-21(25)11-12-23(19)26/h3-14H,15H2,1-2H3. The van der Waals surface area contributed by atoms with Gasteiger partial charge in [0.05, 0.1) is 19.3 Å². The fourth-order valence-electron chi connectivity index (χ4n) is 3.58. The predicted molar refractivity (Wildman–Crippen MR) is 116 cm³/mol. The number of amides is 1. The van der Waals surface area contributed by atoms with Gasteiger partial charge in [0.15, 0.2) is 0 Å². The number of hydrogen-bond acceptors (Lipinski definition) is 2. The van der Waals surface area contributed by atoms with Crippen LogP contribution in [0, 0.1) is 0 Å². The first-order valence-corrected chi connectivity index (χ1v) is 9.46. The van der Waals surface area contributed by atoms with Crippen LogP contribution in [0.4, 0.5) is 5.69 Å². The third kappa shape index (κ3) is 3.41. The first-order chi connectivity index (χ1) is 13.6. The monoisotopic (exact) mass is 389 g/mol. The summed E-state index contributed by atoms with van der Waals surface area (Å²) in [6, 6.07) is 19.9. The van der Waals surface area contributed by atoms with Crippen LogP contribution in [0.5, 0.6) is 5.75 Å². The van der Waals surface area contributed by atoms with Gasteiger partial charge < -0.3 is 9.64 Å². The van der Waals surface area contributed by atoms with Gasteiger partial charge in [-0.25, -0.2) is 0 Å². The number of carbonyl (C=O) groups is 1. The summed E-state index contributed by atoms with van der Waals surface area (Å²) in [4.78, 5) is 14.2. The second-order valence-corrected chi connectivity index (χ2v) is 7.19. The number of nitrogens with zero attached hydrogens (tertiary/aromatic N) is 1. The Hall–Kier alpha value is -3.04. The van der Waals surface area contributed by atoms with Crippen molar-refractivity contribution >= 4 is 35.3 Å². The van der Waals surface area contributed by atoms with E-state index in [1.54, 1.807) is 18.9 Å². The van der Waals surface area contributed by atoms with Gasteiger partial charge in [-0.05, 0) is 52.6 Å². The summed E-state index contributed by atoms with van der Waals surface area (Å²) in [6.07, 6.45) is 4.09. The van der Waals surface area contributed by atoms with Crippen LogP contribution in [0.1, 0.15) is 23.6 Å². The largest absolute Gasteiger partial charge is 0.496 e. The molecule has 0 atom stereocenters. The van der Waals surface area contributed by atoms with Crippen molar-refractivity contribution in [3.63, 3.8) is 0 Å². The van der Waals surface area contributed by atoms with E-state index in [1.165, 1.54) is 0 Å². The number of rotatable bonds is 2. The summed E-state index contributed by atoms with van der Waals surface area (Å²) in [5.41, 5.74) is 6.04. The Kier molecular flexibility index (Phi) is 4.93. The molecule has 0 saturated heterocycles. The van der Waals surface area contributed by atoms with Crippen LogP contribution in [0.2, 0.25) is 5.02 Å². The van der Waals surface area contributed by atoms with E-state index < -0.39 is 0 Å². The van der Waals surface area contributed by atoms with Crippen LogP contribution >= 0.6 is 11.6 Å². The Bertz CT molecular complexity index is 1090. The Labute approximate surface area is 169 Å². The van der Waals surface area contributed by atoms with Crippen LogP contribution < -0.4 is 9.64 Å². The lowest BCUT2D eigenvalue weighted by Gasteiger charge is -2.26. The zero-order chi connectivity index (χ0) is 19.7. The average Bonchev–Trinajstić information content (AvgIpc) is 2.69. The van der Waals surface area contributed by atoms with Gasteiger partial charge in [-0.1, -0.05) is 54.1 Å². The van der Waals surface area contributed by atoms with Crippen LogP contribution in [-0.2, 0) is 11.3 Å². The van der Waals surface area contributed by atoms with Crippen molar-refractivity contribution in [1.82, 2.24) is 0 Å². The normalized spacial score (nSPS) is 12.6. The fourth-order valence-corrected chi connectivity index (χ4v) is 3.76. The van der Waals surface area contributed by atoms with E-state index in [-0.39, 0.29) is 5.91 Å². The molecule has 1 aliphatic rings. The molecule has 3 nitrogen and oxygen atoms in total. The third-order valence-corrected chi connectivity index (χ3v) is 5.23. The molecule has 0 radical (unpaired) electrons. The summed E-state index contributed by atoms with van der Waals surface area (Å²) in [5.74, 6) is 0.819. The molecular weight excluding hydrogens is 370 g/mol. The highest BCUT2D eigenvalue weighted by molar-refractivity contribution is 6.30. The van der Waals surface area contributed by atoms with Crippen molar-refractivity contribution in [2.45, 2.75) is 13.5 Å². The van der Waals surface area contributed by atoms with E-state index in [2.05, 4.69) is 24.3 Å². The van der Waals surface area contributed by atoms with E-state index in [0.29, 0.717) is 11.6 Å². The number of hydrogen-bond donors (Lipinski definition) is 0. The van der Waals surface area contributed by atoms with Crippen molar-refractivity contribution in [3.05, 3.63) is 82.4 Å². The molecule has 1 heterocycles. The molecule has 0 bridgehead atoms. The molecule has 0 N–H and O–H groups in total. The molecule has 0 aliphatic carbocycles. The van der Waals surface area contributed by atoms with Crippen LogP contribution in [0.25, 0.3) is 23.3 Å². The molecule has 1 amide bonds. The summed E-state index contributed by atoms with van der Waals surface area (Å²) in [6.45, 7) is 2.08. The number of ether oxygens (including phenoxy) is 1.